The summed E-state index contributed by atoms with van der Waals surface area (Å²) in [6, 6.07) is 3.35. The number of aromatic nitrogens is 1. The van der Waals surface area contributed by atoms with Gasteiger partial charge in [-0.05, 0) is 12.1 Å². The van der Waals surface area contributed by atoms with E-state index in [2.05, 4.69) is 10.3 Å². The molecule has 0 saturated heterocycles. The van der Waals surface area contributed by atoms with E-state index in [-0.39, 0.29) is 6.54 Å². The van der Waals surface area contributed by atoms with Gasteiger partial charge in [-0.2, -0.15) is 0 Å². The fraction of sp³-hybridized carbons (Fsp3) is 0.111. The molecular weight excluding hydrogens is 271 g/mol. The van der Waals surface area contributed by atoms with Crippen LogP contribution in [0.4, 0.5) is 5.13 Å². The molecule has 0 atom stereocenters. The number of carboxylic acid groups (broad SMARTS) is 1. The molecule has 0 fully saturated rings. The van der Waals surface area contributed by atoms with Crippen LogP contribution in [-0.4, -0.2) is 22.6 Å². The maximum atomic E-state index is 10.4. The molecule has 0 aliphatic rings. The number of nitrogens with zero attached hydrogens (tertiary/aromatic N) is 1. The minimum absolute atomic E-state index is 0.175. The zero-order valence-electron chi connectivity index (χ0n) is 7.83. The molecule has 7 heteroatoms. The minimum atomic E-state index is -0.941. The second-order valence-corrected chi connectivity index (χ2v) is 4.87. The van der Waals surface area contributed by atoms with Gasteiger partial charge in [0.25, 0.3) is 0 Å². The summed E-state index contributed by atoms with van der Waals surface area (Å²) in [4.78, 5) is 14.6. The van der Waals surface area contributed by atoms with E-state index in [0.29, 0.717) is 20.7 Å². The third-order valence-electron chi connectivity index (χ3n) is 1.80. The monoisotopic (exact) mass is 276 g/mol. The van der Waals surface area contributed by atoms with Crippen molar-refractivity contribution in [2.75, 3.05) is 11.9 Å². The van der Waals surface area contributed by atoms with E-state index in [1.165, 1.54) is 11.3 Å². The first-order chi connectivity index (χ1) is 7.56. The number of fused-ring (bicyclic) bond motifs is 1. The van der Waals surface area contributed by atoms with Crippen LogP contribution in [-0.2, 0) is 4.79 Å². The summed E-state index contributed by atoms with van der Waals surface area (Å²) in [5, 5.41) is 12.7. The predicted octanol–water partition coefficient (Wildman–Crippen LogP) is 3.10. The SMILES string of the molecule is O=C(O)CNc1nc2c(Cl)cc(Cl)cc2s1. The first-order valence-electron chi connectivity index (χ1n) is 4.27. The molecule has 0 aliphatic carbocycles. The third-order valence-corrected chi connectivity index (χ3v) is 3.27. The van der Waals surface area contributed by atoms with Crippen molar-refractivity contribution < 1.29 is 9.90 Å². The molecule has 1 aromatic heterocycles. The van der Waals surface area contributed by atoms with Crippen LogP contribution in [0.15, 0.2) is 12.1 Å². The summed E-state index contributed by atoms with van der Waals surface area (Å²) < 4.78 is 0.824. The highest BCUT2D eigenvalue weighted by molar-refractivity contribution is 7.22. The lowest BCUT2D eigenvalue weighted by atomic mass is 10.3. The molecule has 1 heterocycles. The number of anilines is 1. The summed E-state index contributed by atoms with van der Waals surface area (Å²) in [5.74, 6) is -0.941. The van der Waals surface area contributed by atoms with Crippen molar-refractivity contribution in [3.8, 4) is 0 Å². The van der Waals surface area contributed by atoms with Crippen molar-refractivity contribution in [2.24, 2.45) is 0 Å². The lowest BCUT2D eigenvalue weighted by Crippen LogP contribution is -2.11. The first kappa shape index (κ1) is 11.4. The van der Waals surface area contributed by atoms with Crippen molar-refractivity contribution in [2.45, 2.75) is 0 Å². The minimum Gasteiger partial charge on any atom is -0.480 e. The van der Waals surface area contributed by atoms with Gasteiger partial charge in [0.2, 0.25) is 0 Å². The Kier molecular flexibility index (Phi) is 3.18. The molecular formula is C9H6Cl2N2O2S. The van der Waals surface area contributed by atoms with Gasteiger partial charge in [0, 0.05) is 5.02 Å². The quantitative estimate of drug-likeness (QED) is 0.904. The maximum Gasteiger partial charge on any atom is 0.322 e. The van der Waals surface area contributed by atoms with E-state index in [9.17, 15) is 4.79 Å². The fourth-order valence-corrected chi connectivity index (χ4v) is 2.77. The van der Waals surface area contributed by atoms with E-state index >= 15 is 0 Å². The topological polar surface area (TPSA) is 62.2 Å². The molecule has 2 aromatic rings. The van der Waals surface area contributed by atoms with Gasteiger partial charge in [0.1, 0.15) is 12.1 Å². The zero-order chi connectivity index (χ0) is 11.7. The molecule has 84 valence electrons. The van der Waals surface area contributed by atoms with E-state index < -0.39 is 5.97 Å². The average molecular weight is 277 g/mol. The van der Waals surface area contributed by atoms with Crippen molar-refractivity contribution >= 4 is 55.9 Å². The van der Waals surface area contributed by atoms with Crippen molar-refractivity contribution in [1.82, 2.24) is 4.98 Å². The lowest BCUT2D eigenvalue weighted by Gasteiger charge is -1.94. The predicted molar refractivity (Wildman–Crippen MR) is 65.8 cm³/mol. The van der Waals surface area contributed by atoms with Gasteiger partial charge in [-0.25, -0.2) is 4.98 Å². The Hall–Kier alpha value is -1.04. The van der Waals surface area contributed by atoms with Gasteiger partial charge in [-0.1, -0.05) is 34.5 Å². The van der Waals surface area contributed by atoms with Crippen LogP contribution in [0.1, 0.15) is 0 Å². The number of aliphatic carboxylic acids is 1. The molecule has 4 nitrogen and oxygen atoms in total. The summed E-state index contributed by atoms with van der Waals surface area (Å²) in [5.41, 5.74) is 0.629. The molecule has 0 bridgehead atoms. The van der Waals surface area contributed by atoms with Gasteiger partial charge in [-0.15, -0.1) is 0 Å². The number of rotatable bonds is 3. The molecule has 0 spiro atoms. The normalized spacial score (nSPS) is 10.6. The zero-order valence-corrected chi connectivity index (χ0v) is 10.2. The van der Waals surface area contributed by atoms with Crippen LogP contribution < -0.4 is 5.32 Å². The molecule has 1 aromatic carbocycles. The Morgan fingerprint density at radius 2 is 2.25 bits per heavy atom. The highest BCUT2D eigenvalue weighted by Crippen LogP contribution is 2.33. The van der Waals surface area contributed by atoms with Crippen LogP contribution >= 0.6 is 34.5 Å². The summed E-state index contributed by atoms with van der Waals surface area (Å²) >= 11 is 13.1. The van der Waals surface area contributed by atoms with Crippen molar-refractivity contribution in [3.05, 3.63) is 22.2 Å². The molecule has 0 amide bonds. The first-order valence-corrected chi connectivity index (χ1v) is 5.85. The Bertz CT molecular complexity index is 556. The van der Waals surface area contributed by atoms with Gasteiger partial charge in [-0.3, -0.25) is 4.79 Å². The van der Waals surface area contributed by atoms with E-state index in [4.69, 9.17) is 28.3 Å². The van der Waals surface area contributed by atoms with Crippen LogP contribution in [0, 0.1) is 0 Å². The number of hydrogen-bond donors (Lipinski definition) is 2. The van der Waals surface area contributed by atoms with Crippen LogP contribution in [0.25, 0.3) is 10.2 Å². The third kappa shape index (κ3) is 2.37. The van der Waals surface area contributed by atoms with E-state index in [1.54, 1.807) is 12.1 Å². The van der Waals surface area contributed by atoms with E-state index in [1.807, 2.05) is 0 Å². The second kappa shape index (κ2) is 4.45. The Morgan fingerprint density at radius 1 is 1.50 bits per heavy atom. The Labute approximate surface area is 105 Å². The highest BCUT2D eigenvalue weighted by Gasteiger charge is 2.09. The standard InChI is InChI=1S/C9H6Cl2N2O2S/c10-4-1-5(11)8-6(2-4)16-9(13-8)12-3-7(14)15/h1-2H,3H2,(H,12,13)(H,14,15). The van der Waals surface area contributed by atoms with Crippen molar-refractivity contribution in [1.29, 1.82) is 0 Å². The number of thiazole rings is 1. The number of halogens is 2. The number of hydrogen-bond acceptors (Lipinski definition) is 4. The molecule has 2 rings (SSSR count). The number of nitrogens with one attached hydrogen (secondary N) is 1. The summed E-state index contributed by atoms with van der Waals surface area (Å²) in [6.45, 7) is -0.175. The molecule has 0 saturated carbocycles. The van der Waals surface area contributed by atoms with Gasteiger partial charge in [0.15, 0.2) is 5.13 Å². The molecule has 0 aliphatic heterocycles. The number of carboxylic acids is 1. The molecule has 0 radical (unpaired) electrons. The van der Waals surface area contributed by atoms with Crippen LogP contribution in [0.3, 0.4) is 0 Å². The maximum absolute atomic E-state index is 10.4. The smallest absolute Gasteiger partial charge is 0.322 e. The highest BCUT2D eigenvalue weighted by atomic mass is 35.5. The van der Waals surface area contributed by atoms with Crippen molar-refractivity contribution in [3.63, 3.8) is 0 Å². The largest absolute Gasteiger partial charge is 0.480 e. The molecule has 0 unspecified atom stereocenters. The number of carbonyl (C=O) groups is 1. The Morgan fingerprint density at radius 3 is 2.94 bits per heavy atom. The summed E-state index contributed by atoms with van der Waals surface area (Å²) in [7, 11) is 0. The van der Waals surface area contributed by atoms with Crippen LogP contribution in [0.5, 0.6) is 0 Å². The lowest BCUT2D eigenvalue weighted by molar-refractivity contribution is -0.134. The fourth-order valence-electron chi connectivity index (χ4n) is 1.18. The van der Waals surface area contributed by atoms with Gasteiger partial charge < -0.3 is 10.4 Å². The van der Waals surface area contributed by atoms with Crippen LogP contribution in [0.2, 0.25) is 10.0 Å². The second-order valence-electron chi connectivity index (χ2n) is 3.00. The average Bonchev–Trinajstić information content (AvgIpc) is 2.57. The molecule has 16 heavy (non-hydrogen) atoms. The summed E-state index contributed by atoms with van der Waals surface area (Å²) in [6.07, 6.45) is 0. The number of benzene rings is 1. The van der Waals surface area contributed by atoms with Gasteiger partial charge >= 0.3 is 5.97 Å². The van der Waals surface area contributed by atoms with Gasteiger partial charge in [0.05, 0.1) is 9.72 Å². The Balaban J connectivity index is 2.36. The van der Waals surface area contributed by atoms with E-state index in [0.717, 1.165) is 4.70 Å². The molecule has 2 N–H and O–H groups in total.